The van der Waals surface area contributed by atoms with Crippen LogP contribution in [0.15, 0.2) is 18.2 Å². The first-order valence-electron chi connectivity index (χ1n) is 6.39. The summed E-state index contributed by atoms with van der Waals surface area (Å²) in [5.41, 5.74) is -0.793. The van der Waals surface area contributed by atoms with E-state index in [9.17, 15) is 18.0 Å². The Bertz CT molecular complexity index is 522. The Labute approximate surface area is 119 Å². The normalized spacial score (nSPS) is 24.0. The number of rotatable bonds is 3. The SMILES string of the molecule is C[C@H]1CN(Cc2cccc(C(F)(F)F)n2)[C@H](C(=O)O)CO1. The molecular formula is C13H15F3N2O3. The molecule has 1 aromatic heterocycles. The lowest BCUT2D eigenvalue weighted by Crippen LogP contribution is -2.52. The number of halogens is 3. The largest absolute Gasteiger partial charge is 0.480 e. The molecule has 1 aromatic rings. The van der Waals surface area contributed by atoms with E-state index in [-0.39, 0.29) is 24.9 Å². The summed E-state index contributed by atoms with van der Waals surface area (Å²) in [6, 6.07) is 2.73. The summed E-state index contributed by atoms with van der Waals surface area (Å²) < 4.78 is 43.1. The molecule has 0 amide bonds. The number of ether oxygens (including phenoxy) is 1. The van der Waals surface area contributed by atoms with Gasteiger partial charge in [0.25, 0.3) is 0 Å². The van der Waals surface area contributed by atoms with Crippen molar-refractivity contribution in [3.63, 3.8) is 0 Å². The predicted molar refractivity (Wildman–Crippen MR) is 66.5 cm³/mol. The number of nitrogens with zero attached hydrogens (tertiary/aromatic N) is 2. The zero-order chi connectivity index (χ0) is 15.6. The summed E-state index contributed by atoms with van der Waals surface area (Å²) in [4.78, 5) is 16.3. The molecule has 21 heavy (non-hydrogen) atoms. The van der Waals surface area contributed by atoms with Gasteiger partial charge in [-0.2, -0.15) is 13.2 Å². The Balaban J connectivity index is 2.17. The summed E-state index contributed by atoms with van der Waals surface area (Å²) in [5, 5.41) is 9.13. The average Bonchev–Trinajstić information content (AvgIpc) is 2.37. The van der Waals surface area contributed by atoms with E-state index in [1.807, 2.05) is 0 Å². The molecule has 1 aliphatic rings. The van der Waals surface area contributed by atoms with E-state index in [0.717, 1.165) is 6.07 Å². The molecule has 1 fully saturated rings. The monoisotopic (exact) mass is 304 g/mol. The van der Waals surface area contributed by atoms with Crippen molar-refractivity contribution in [1.82, 2.24) is 9.88 Å². The highest BCUT2D eigenvalue weighted by Gasteiger charge is 2.34. The summed E-state index contributed by atoms with van der Waals surface area (Å²) >= 11 is 0. The van der Waals surface area contributed by atoms with Gasteiger partial charge >= 0.3 is 12.1 Å². The summed E-state index contributed by atoms with van der Waals surface area (Å²) in [6.07, 6.45) is -4.69. The van der Waals surface area contributed by atoms with Gasteiger partial charge in [0.2, 0.25) is 0 Å². The number of aromatic nitrogens is 1. The van der Waals surface area contributed by atoms with Gasteiger partial charge in [0.15, 0.2) is 0 Å². The Morgan fingerprint density at radius 3 is 2.86 bits per heavy atom. The molecule has 1 N–H and O–H groups in total. The van der Waals surface area contributed by atoms with E-state index in [4.69, 9.17) is 9.84 Å². The molecule has 5 nitrogen and oxygen atoms in total. The van der Waals surface area contributed by atoms with Gasteiger partial charge in [-0.1, -0.05) is 6.07 Å². The van der Waals surface area contributed by atoms with Crippen LogP contribution in [0.4, 0.5) is 13.2 Å². The summed E-state index contributed by atoms with van der Waals surface area (Å²) in [5.74, 6) is -1.06. The van der Waals surface area contributed by atoms with Gasteiger partial charge in [-0.05, 0) is 19.1 Å². The van der Waals surface area contributed by atoms with E-state index < -0.39 is 23.9 Å². The first-order chi connectivity index (χ1) is 9.77. The number of morpholine rings is 1. The third kappa shape index (κ3) is 3.92. The molecule has 0 aromatic carbocycles. The fourth-order valence-electron chi connectivity index (χ4n) is 2.21. The van der Waals surface area contributed by atoms with Crippen LogP contribution >= 0.6 is 0 Å². The van der Waals surface area contributed by atoms with Crippen molar-refractivity contribution in [2.75, 3.05) is 13.2 Å². The molecule has 0 aliphatic carbocycles. The number of alkyl halides is 3. The maximum atomic E-state index is 12.6. The topological polar surface area (TPSA) is 62.7 Å². The lowest BCUT2D eigenvalue weighted by atomic mass is 10.1. The number of hydrogen-bond acceptors (Lipinski definition) is 4. The molecule has 2 heterocycles. The van der Waals surface area contributed by atoms with Gasteiger partial charge < -0.3 is 9.84 Å². The third-order valence-electron chi connectivity index (χ3n) is 3.22. The second-order valence-corrected chi connectivity index (χ2v) is 4.94. The molecule has 116 valence electrons. The van der Waals surface area contributed by atoms with Crippen LogP contribution in [0, 0.1) is 0 Å². The first kappa shape index (κ1) is 15.7. The van der Waals surface area contributed by atoms with Crippen molar-refractivity contribution >= 4 is 5.97 Å². The van der Waals surface area contributed by atoms with Crippen LogP contribution in [0.1, 0.15) is 18.3 Å². The number of hydrogen-bond donors (Lipinski definition) is 1. The predicted octanol–water partition coefficient (Wildman–Crippen LogP) is 1.77. The molecule has 0 bridgehead atoms. The lowest BCUT2D eigenvalue weighted by Gasteiger charge is -2.36. The minimum absolute atomic E-state index is 0.00939. The second kappa shape index (κ2) is 5.98. The molecule has 0 unspecified atom stereocenters. The van der Waals surface area contributed by atoms with Crippen LogP contribution in [-0.4, -0.2) is 46.3 Å². The van der Waals surface area contributed by atoms with Gasteiger partial charge in [0, 0.05) is 13.1 Å². The summed E-state index contributed by atoms with van der Waals surface area (Å²) in [6.45, 7) is 2.16. The van der Waals surface area contributed by atoms with Gasteiger partial charge in [0.1, 0.15) is 11.7 Å². The minimum Gasteiger partial charge on any atom is -0.480 e. The van der Waals surface area contributed by atoms with Crippen LogP contribution in [0.5, 0.6) is 0 Å². The molecule has 0 spiro atoms. The Morgan fingerprint density at radius 2 is 2.24 bits per heavy atom. The third-order valence-corrected chi connectivity index (χ3v) is 3.22. The number of carbonyl (C=O) groups is 1. The molecule has 2 rings (SSSR count). The first-order valence-corrected chi connectivity index (χ1v) is 6.39. The van der Waals surface area contributed by atoms with Crippen LogP contribution in [0.2, 0.25) is 0 Å². The zero-order valence-electron chi connectivity index (χ0n) is 11.3. The van der Waals surface area contributed by atoms with Crippen LogP contribution in [0.3, 0.4) is 0 Å². The fraction of sp³-hybridized carbons (Fsp3) is 0.538. The van der Waals surface area contributed by atoms with Crippen molar-refractivity contribution < 1.29 is 27.8 Å². The summed E-state index contributed by atoms with van der Waals surface area (Å²) in [7, 11) is 0. The minimum atomic E-state index is -4.51. The van der Waals surface area contributed by atoms with Crippen molar-refractivity contribution in [2.45, 2.75) is 31.8 Å². The van der Waals surface area contributed by atoms with Crippen LogP contribution in [-0.2, 0) is 22.3 Å². The van der Waals surface area contributed by atoms with E-state index in [2.05, 4.69) is 4.98 Å². The van der Waals surface area contributed by atoms with Crippen molar-refractivity contribution in [1.29, 1.82) is 0 Å². The van der Waals surface area contributed by atoms with Gasteiger partial charge in [-0.15, -0.1) is 0 Å². The number of aliphatic carboxylic acids is 1. The molecular weight excluding hydrogens is 289 g/mol. The highest BCUT2D eigenvalue weighted by atomic mass is 19.4. The molecule has 1 aliphatic heterocycles. The van der Waals surface area contributed by atoms with E-state index in [1.165, 1.54) is 12.1 Å². The molecule has 8 heteroatoms. The van der Waals surface area contributed by atoms with E-state index in [0.29, 0.717) is 6.54 Å². The van der Waals surface area contributed by atoms with Gasteiger partial charge in [-0.25, -0.2) is 4.98 Å². The number of carboxylic acid groups (broad SMARTS) is 1. The highest BCUT2D eigenvalue weighted by Crippen LogP contribution is 2.27. The second-order valence-electron chi connectivity index (χ2n) is 4.94. The van der Waals surface area contributed by atoms with Gasteiger partial charge in [-0.3, -0.25) is 9.69 Å². The Morgan fingerprint density at radius 1 is 1.52 bits per heavy atom. The lowest BCUT2D eigenvalue weighted by molar-refractivity contribution is -0.154. The molecule has 1 saturated heterocycles. The fourth-order valence-corrected chi connectivity index (χ4v) is 2.21. The Kier molecular flexibility index (Phi) is 4.48. The van der Waals surface area contributed by atoms with E-state index in [1.54, 1.807) is 11.8 Å². The maximum Gasteiger partial charge on any atom is 0.433 e. The Hall–Kier alpha value is -1.67. The van der Waals surface area contributed by atoms with Gasteiger partial charge in [0.05, 0.1) is 18.4 Å². The number of pyridine rings is 1. The molecule has 2 atom stereocenters. The highest BCUT2D eigenvalue weighted by molar-refractivity contribution is 5.73. The van der Waals surface area contributed by atoms with Crippen molar-refractivity contribution in [3.8, 4) is 0 Å². The van der Waals surface area contributed by atoms with E-state index >= 15 is 0 Å². The van der Waals surface area contributed by atoms with Crippen LogP contribution in [0.25, 0.3) is 0 Å². The zero-order valence-corrected chi connectivity index (χ0v) is 11.3. The smallest absolute Gasteiger partial charge is 0.433 e. The quantitative estimate of drug-likeness (QED) is 0.922. The number of carboxylic acids is 1. The molecule has 0 radical (unpaired) electrons. The average molecular weight is 304 g/mol. The van der Waals surface area contributed by atoms with Crippen molar-refractivity contribution in [2.24, 2.45) is 0 Å². The standard InChI is InChI=1S/C13H15F3N2O3/c1-8-5-18(10(7-21-8)12(19)20)6-9-3-2-4-11(17-9)13(14,15)16/h2-4,8,10H,5-7H2,1H3,(H,19,20)/t8-,10-/m0/s1. The molecule has 0 saturated carbocycles. The maximum absolute atomic E-state index is 12.6. The van der Waals surface area contributed by atoms with Crippen molar-refractivity contribution in [3.05, 3.63) is 29.6 Å². The van der Waals surface area contributed by atoms with Crippen LogP contribution < -0.4 is 0 Å².